The molecule has 0 atom stereocenters. The summed E-state index contributed by atoms with van der Waals surface area (Å²) in [5.41, 5.74) is 1.66. The van der Waals surface area contributed by atoms with Crippen LogP contribution in [-0.4, -0.2) is 41.1 Å². The number of hydrogen-bond donors (Lipinski definition) is 2. The molecule has 0 radical (unpaired) electrons. The number of methoxy groups -OCH3 is 1. The Labute approximate surface area is 135 Å². The molecule has 1 aromatic heterocycles. The first-order chi connectivity index (χ1) is 11.0. The number of fused-ring (bicyclic) bond motifs is 1. The predicted octanol–water partition coefficient (Wildman–Crippen LogP) is 0.823. The van der Waals surface area contributed by atoms with Crippen molar-refractivity contribution < 1.29 is 14.3 Å². The summed E-state index contributed by atoms with van der Waals surface area (Å²) in [6.07, 6.45) is 0. The minimum absolute atomic E-state index is 0.00589. The van der Waals surface area contributed by atoms with Crippen molar-refractivity contribution in [2.24, 2.45) is 0 Å². The lowest BCUT2D eigenvalue weighted by atomic mass is 10.3. The van der Waals surface area contributed by atoms with Crippen molar-refractivity contribution in [3.05, 3.63) is 30.1 Å². The molecule has 7 nitrogen and oxygen atoms in total. The quantitative estimate of drug-likeness (QED) is 0.791. The van der Waals surface area contributed by atoms with Crippen LogP contribution in [0.4, 0.5) is 0 Å². The van der Waals surface area contributed by atoms with Gasteiger partial charge < -0.3 is 19.9 Å². The number of nitrogens with one attached hydrogen (secondary N) is 2. The van der Waals surface area contributed by atoms with E-state index >= 15 is 0 Å². The highest BCUT2D eigenvalue weighted by Gasteiger charge is 2.14. The van der Waals surface area contributed by atoms with E-state index in [9.17, 15) is 9.59 Å². The summed E-state index contributed by atoms with van der Waals surface area (Å²) in [5, 5.41) is 5.60. The first kappa shape index (κ1) is 17.0. The fraction of sp³-hybridized carbons (Fsp3) is 0.438. The van der Waals surface area contributed by atoms with Gasteiger partial charge in [-0.3, -0.25) is 9.59 Å². The van der Waals surface area contributed by atoms with Crippen molar-refractivity contribution in [1.29, 1.82) is 0 Å². The molecule has 1 aromatic carbocycles. The van der Waals surface area contributed by atoms with Crippen molar-refractivity contribution in [3.8, 4) is 0 Å². The summed E-state index contributed by atoms with van der Waals surface area (Å²) in [6.45, 7) is 4.22. The van der Waals surface area contributed by atoms with E-state index in [4.69, 9.17) is 4.74 Å². The number of benzene rings is 1. The van der Waals surface area contributed by atoms with Crippen LogP contribution in [0.2, 0.25) is 0 Å². The van der Waals surface area contributed by atoms with Gasteiger partial charge in [0.1, 0.15) is 19.0 Å². The molecule has 7 heteroatoms. The number of ether oxygens (including phenoxy) is 1. The normalized spacial score (nSPS) is 11.0. The second-order valence-electron chi connectivity index (χ2n) is 5.53. The van der Waals surface area contributed by atoms with Crippen molar-refractivity contribution in [2.45, 2.75) is 33.0 Å². The minimum atomic E-state index is -0.224. The molecule has 0 unspecified atom stereocenters. The highest BCUT2D eigenvalue weighted by Crippen LogP contribution is 2.16. The Balaban J connectivity index is 2.22. The van der Waals surface area contributed by atoms with Gasteiger partial charge in [-0.15, -0.1) is 0 Å². The fourth-order valence-electron chi connectivity index (χ4n) is 2.31. The predicted molar refractivity (Wildman–Crippen MR) is 86.7 cm³/mol. The van der Waals surface area contributed by atoms with Crippen molar-refractivity contribution in [3.63, 3.8) is 0 Å². The van der Waals surface area contributed by atoms with E-state index in [0.29, 0.717) is 5.82 Å². The van der Waals surface area contributed by atoms with Gasteiger partial charge in [0.25, 0.3) is 0 Å². The maximum Gasteiger partial charge on any atom is 0.246 e. The van der Waals surface area contributed by atoms with Crippen LogP contribution in [0.3, 0.4) is 0 Å². The van der Waals surface area contributed by atoms with E-state index in [0.717, 1.165) is 11.0 Å². The van der Waals surface area contributed by atoms with Gasteiger partial charge in [-0.25, -0.2) is 4.98 Å². The number of para-hydroxylation sites is 2. The number of rotatable bonds is 7. The van der Waals surface area contributed by atoms with E-state index in [1.165, 1.54) is 7.11 Å². The number of carbonyl (C=O) groups is 2. The van der Waals surface area contributed by atoms with Crippen LogP contribution in [0.25, 0.3) is 11.0 Å². The lowest BCUT2D eigenvalue weighted by Crippen LogP contribution is -2.34. The van der Waals surface area contributed by atoms with Crippen molar-refractivity contribution in [1.82, 2.24) is 20.2 Å². The maximum absolute atomic E-state index is 12.1. The number of nitrogens with zero attached hydrogens (tertiary/aromatic N) is 2. The third-order valence-corrected chi connectivity index (χ3v) is 3.20. The van der Waals surface area contributed by atoms with E-state index in [-0.39, 0.29) is 37.6 Å². The Morgan fingerprint density at radius 2 is 2.00 bits per heavy atom. The number of hydrogen-bond acceptors (Lipinski definition) is 4. The first-order valence-corrected chi connectivity index (χ1v) is 7.50. The van der Waals surface area contributed by atoms with E-state index in [1.807, 2.05) is 42.7 Å². The molecule has 124 valence electrons. The first-order valence-electron chi connectivity index (χ1n) is 7.50. The molecule has 0 bridgehead atoms. The van der Waals surface area contributed by atoms with Crippen LogP contribution >= 0.6 is 0 Å². The minimum Gasteiger partial charge on any atom is -0.375 e. The molecule has 0 saturated heterocycles. The molecule has 0 aliphatic carbocycles. The average Bonchev–Trinajstić information content (AvgIpc) is 2.83. The second-order valence-corrected chi connectivity index (χ2v) is 5.53. The zero-order valence-electron chi connectivity index (χ0n) is 13.6. The van der Waals surface area contributed by atoms with Gasteiger partial charge in [-0.1, -0.05) is 12.1 Å². The van der Waals surface area contributed by atoms with E-state index in [2.05, 4.69) is 15.6 Å². The van der Waals surface area contributed by atoms with E-state index < -0.39 is 0 Å². The molecule has 0 saturated carbocycles. The van der Waals surface area contributed by atoms with Crippen LogP contribution < -0.4 is 10.6 Å². The topological polar surface area (TPSA) is 85.2 Å². The smallest absolute Gasteiger partial charge is 0.246 e. The monoisotopic (exact) mass is 318 g/mol. The molecule has 2 rings (SSSR count). The molecule has 0 spiro atoms. The number of imidazole rings is 1. The van der Waals surface area contributed by atoms with E-state index in [1.54, 1.807) is 0 Å². The van der Waals surface area contributed by atoms with Gasteiger partial charge in [0.05, 0.1) is 17.6 Å². The number of aromatic nitrogens is 2. The SMILES string of the molecule is COCC(=O)NCc1nc2ccccc2n1CC(=O)NC(C)C. The Kier molecular flexibility index (Phi) is 5.70. The lowest BCUT2D eigenvalue weighted by Gasteiger charge is -2.12. The van der Waals surface area contributed by atoms with Gasteiger partial charge in [0.2, 0.25) is 11.8 Å². The summed E-state index contributed by atoms with van der Waals surface area (Å²) in [6, 6.07) is 7.65. The zero-order valence-corrected chi connectivity index (χ0v) is 13.6. The Hall–Kier alpha value is -2.41. The molecule has 2 amide bonds. The summed E-state index contributed by atoms with van der Waals surface area (Å²) in [4.78, 5) is 28.2. The van der Waals surface area contributed by atoms with Crippen LogP contribution in [-0.2, 0) is 27.4 Å². The summed E-state index contributed by atoms with van der Waals surface area (Å²) >= 11 is 0. The Morgan fingerprint density at radius 1 is 1.26 bits per heavy atom. The van der Waals surface area contributed by atoms with Crippen LogP contribution in [0.15, 0.2) is 24.3 Å². The number of carbonyl (C=O) groups excluding carboxylic acids is 2. The molecule has 1 heterocycles. The van der Waals surface area contributed by atoms with Crippen molar-refractivity contribution >= 4 is 22.8 Å². The molecule has 2 N–H and O–H groups in total. The molecule has 0 aliphatic rings. The summed E-state index contributed by atoms with van der Waals surface area (Å²) < 4.78 is 6.61. The van der Waals surface area contributed by atoms with Crippen LogP contribution in [0.1, 0.15) is 19.7 Å². The fourth-order valence-corrected chi connectivity index (χ4v) is 2.31. The Bertz CT molecular complexity index is 694. The van der Waals surface area contributed by atoms with Gasteiger partial charge >= 0.3 is 0 Å². The average molecular weight is 318 g/mol. The summed E-state index contributed by atoms with van der Waals surface area (Å²) in [7, 11) is 1.46. The van der Waals surface area contributed by atoms with Crippen LogP contribution in [0.5, 0.6) is 0 Å². The molecule has 0 fully saturated rings. The lowest BCUT2D eigenvalue weighted by molar-refractivity contribution is -0.125. The second kappa shape index (κ2) is 7.73. The largest absolute Gasteiger partial charge is 0.375 e. The molecule has 2 aromatic rings. The molecular formula is C16H22N4O3. The van der Waals surface area contributed by atoms with Gasteiger partial charge in [0.15, 0.2) is 0 Å². The van der Waals surface area contributed by atoms with Crippen molar-refractivity contribution in [2.75, 3.05) is 13.7 Å². The highest BCUT2D eigenvalue weighted by molar-refractivity contribution is 5.81. The highest BCUT2D eigenvalue weighted by atomic mass is 16.5. The van der Waals surface area contributed by atoms with Crippen LogP contribution in [0, 0.1) is 0 Å². The third-order valence-electron chi connectivity index (χ3n) is 3.20. The molecule has 0 aliphatic heterocycles. The standard InChI is InChI=1S/C16H22N4O3/c1-11(2)18-15(21)9-20-13-7-5-4-6-12(13)19-14(20)8-17-16(22)10-23-3/h4-7,11H,8-10H2,1-3H3,(H,17,22)(H,18,21). The zero-order chi connectivity index (χ0) is 16.8. The van der Waals surface area contributed by atoms with Gasteiger partial charge in [0, 0.05) is 13.2 Å². The Morgan fingerprint density at radius 3 is 2.70 bits per heavy atom. The molecular weight excluding hydrogens is 296 g/mol. The third kappa shape index (κ3) is 4.53. The summed E-state index contributed by atoms with van der Waals surface area (Å²) in [5.74, 6) is 0.319. The van der Waals surface area contributed by atoms with Gasteiger partial charge in [-0.05, 0) is 26.0 Å². The number of amides is 2. The molecule has 23 heavy (non-hydrogen) atoms. The van der Waals surface area contributed by atoms with Gasteiger partial charge in [-0.2, -0.15) is 0 Å². The maximum atomic E-state index is 12.1.